The van der Waals surface area contributed by atoms with Crippen molar-refractivity contribution in [1.82, 2.24) is 10.9 Å². The highest BCUT2D eigenvalue weighted by Crippen LogP contribution is 2.10. The fourth-order valence-corrected chi connectivity index (χ4v) is 1.44. The van der Waals surface area contributed by atoms with Crippen molar-refractivity contribution in [1.29, 1.82) is 0 Å². The van der Waals surface area contributed by atoms with E-state index in [0.29, 0.717) is 5.56 Å². The van der Waals surface area contributed by atoms with Gasteiger partial charge in [0.1, 0.15) is 5.76 Å². The van der Waals surface area contributed by atoms with Crippen LogP contribution in [0.4, 0.5) is 0 Å². The van der Waals surface area contributed by atoms with E-state index >= 15 is 0 Å². The number of hydrazine groups is 1. The second-order valence-corrected chi connectivity index (χ2v) is 3.70. The number of rotatable bonds is 4. The van der Waals surface area contributed by atoms with Gasteiger partial charge < -0.3 is 4.42 Å². The Balaban J connectivity index is 1.89. The average Bonchev–Trinajstić information content (AvgIpc) is 2.90. The first kappa shape index (κ1) is 11.4. The molecule has 1 aromatic carbocycles. The molecule has 0 spiro atoms. The monoisotopic (exact) mass is 230 g/mol. The van der Waals surface area contributed by atoms with E-state index in [9.17, 15) is 4.79 Å². The minimum absolute atomic E-state index is 0.0716. The molecule has 4 heteroatoms. The quantitative estimate of drug-likeness (QED) is 0.792. The number of amides is 1. The molecule has 1 aromatic heterocycles. The van der Waals surface area contributed by atoms with E-state index in [-0.39, 0.29) is 11.9 Å². The summed E-state index contributed by atoms with van der Waals surface area (Å²) in [6.07, 6.45) is 1.60. The molecular weight excluding hydrogens is 216 g/mol. The highest BCUT2D eigenvalue weighted by atomic mass is 16.3. The zero-order valence-corrected chi connectivity index (χ0v) is 9.51. The SMILES string of the molecule is CC(NNC(=O)c1ccccc1)c1ccco1. The van der Waals surface area contributed by atoms with Crippen LogP contribution in [0.2, 0.25) is 0 Å². The molecule has 1 heterocycles. The summed E-state index contributed by atoms with van der Waals surface area (Å²) in [4.78, 5) is 11.7. The summed E-state index contributed by atoms with van der Waals surface area (Å²) < 4.78 is 5.22. The predicted molar refractivity (Wildman–Crippen MR) is 64.2 cm³/mol. The molecule has 0 aliphatic carbocycles. The predicted octanol–water partition coefficient (Wildman–Crippen LogP) is 2.28. The van der Waals surface area contributed by atoms with Crippen LogP contribution in [0.3, 0.4) is 0 Å². The van der Waals surface area contributed by atoms with Crippen molar-refractivity contribution in [2.45, 2.75) is 13.0 Å². The van der Waals surface area contributed by atoms with Crippen LogP contribution in [0.5, 0.6) is 0 Å². The molecule has 17 heavy (non-hydrogen) atoms. The maximum absolute atomic E-state index is 11.7. The zero-order chi connectivity index (χ0) is 12.1. The average molecular weight is 230 g/mol. The Labute approximate surface area is 99.6 Å². The van der Waals surface area contributed by atoms with Crippen molar-refractivity contribution >= 4 is 5.91 Å². The molecule has 88 valence electrons. The van der Waals surface area contributed by atoms with Gasteiger partial charge in [0.15, 0.2) is 0 Å². The highest BCUT2D eigenvalue weighted by Gasteiger charge is 2.09. The van der Waals surface area contributed by atoms with Crippen molar-refractivity contribution in [2.24, 2.45) is 0 Å². The summed E-state index contributed by atoms with van der Waals surface area (Å²) in [5, 5.41) is 0. The van der Waals surface area contributed by atoms with Gasteiger partial charge in [-0.25, -0.2) is 5.43 Å². The molecule has 2 N–H and O–H groups in total. The molecule has 4 nitrogen and oxygen atoms in total. The third-order valence-electron chi connectivity index (χ3n) is 2.41. The topological polar surface area (TPSA) is 54.3 Å². The van der Waals surface area contributed by atoms with Crippen molar-refractivity contribution in [2.75, 3.05) is 0 Å². The number of carbonyl (C=O) groups excluding carboxylic acids is 1. The molecule has 2 rings (SSSR count). The van der Waals surface area contributed by atoms with Crippen LogP contribution >= 0.6 is 0 Å². The van der Waals surface area contributed by atoms with Crippen molar-refractivity contribution in [3.8, 4) is 0 Å². The van der Waals surface area contributed by atoms with E-state index in [0.717, 1.165) is 5.76 Å². The van der Waals surface area contributed by atoms with Gasteiger partial charge in [-0.15, -0.1) is 0 Å². The molecule has 0 radical (unpaired) electrons. The largest absolute Gasteiger partial charge is 0.468 e. The number of carbonyl (C=O) groups is 1. The first-order valence-electron chi connectivity index (χ1n) is 5.41. The lowest BCUT2D eigenvalue weighted by atomic mass is 10.2. The van der Waals surface area contributed by atoms with Crippen molar-refractivity contribution in [3.05, 3.63) is 60.1 Å². The molecule has 0 bridgehead atoms. The Kier molecular flexibility index (Phi) is 3.57. The van der Waals surface area contributed by atoms with Crippen LogP contribution < -0.4 is 10.9 Å². The van der Waals surface area contributed by atoms with E-state index in [1.54, 1.807) is 18.4 Å². The molecule has 0 saturated carbocycles. The lowest BCUT2D eigenvalue weighted by Crippen LogP contribution is -2.38. The number of furan rings is 1. The molecule has 1 amide bonds. The van der Waals surface area contributed by atoms with E-state index in [1.165, 1.54) is 0 Å². The first-order chi connectivity index (χ1) is 8.27. The maximum Gasteiger partial charge on any atom is 0.265 e. The van der Waals surface area contributed by atoms with E-state index in [1.807, 2.05) is 37.3 Å². The Bertz CT molecular complexity index is 465. The second kappa shape index (κ2) is 5.32. The van der Waals surface area contributed by atoms with Crippen molar-refractivity contribution in [3.63, 3.8) is 0 Å². The molecule has 0 aliphatic rings. The second-order valence-electron chi connectivity index (χ2n) is 3.70. The minimum Gasteiger partial charge on any atom is -0.468 e. The molecule has 0 fully saturated rings. The number of hydrogen-bond donors (Lipinski definition) is 2. The van der Waals surface area contributed by atoms with Gasteiger partial charge in [0.2, 0.25) is 0 Å². The Hall–Kier alpha value is -2.07. The fourth-order valence-electron chi connectivity index (χ4n) is 1.44. The molecule has 1 unspecified atom stereocenters. The molecule has 0 aliphatic heterocycles. The summed E-state index contributed by atoms with van der Waals surface area (Å²) in [6.45, 7) is 1.91. The number of hydrogen-bond acceptors (Lipinski definition) is 3. The molecule has 1 atom stereocenters. The van der Waals surface area contributed by atoms with Gasteiger partial charge in [0.25, 0.3) is 5.91 Å². The lowest BCUT2D eigenvalue weighted by Gasteiger charge is -2.12. The Morgan fingerprint density at radius 2 is 1.94 bits per heavy atom. The van der Waals surface area contributed by atoms with Gasteiger partial charge in [0.05, 0.1) is 12.3 Å². The van der Waals surface area contributed by atoms with Gasteiger partial charge in [-0.3, -0.25) is 10.2 Å². The number of benzene rings is 1. The van der Waals surface area contributed by atoms with E-state index in [4.69, 9.17) is 4.42 Å². The number of nitrogens with one attached hydrogen (secondary N) is 2. The summed E-state index contributed by atoms with van der Waals surface area (Å²) >= 11 is 0. The standard InChI is InChI=1S/C13H14N2O2/c1-10(12-8-5-9-17-12)14-15-13(16)11-6-3-2-4-7-11/h2-10,14H,1H3,(H,15,16). The van der Waals surface area contributed by atoms with Gasteiger partial charge in [0, 0.05) is 5.56 Å². The summed E-state index contributed by atoms with van der Waals surface area (Å²) in [5.41, 5.74) is 6.15. The lowest BCUT2D eigenvalue weighted by molar-refractivity contribution is 0.0924. The normalized spacial score (nSPS) is 12.1. The van der Waals surface area contributed by atoms with Crippen LogP contribution in [-0.4, -0.2) is 5.91 Å². The Morgan fingerprint density at radius 1 is 1.18 bits per heavy atom. The Morgan fingerprint density at radius 3 is 2.59 bits per heavy atom. The summed E-state index contributed by atoms with van der Waals surface area (Å²) in [6, 6.07) is 12.6. The summed E-state index contributed by atoms with van der Waals surface area (Å²) in [7, 11) is 0. The van der Waals surface area contributed by atoms with Gasteiger partial charge in [-0.05, 0) is 31.2 Å². The first-order valence-corrected chi connectivity index (χ1v) is 5.41. The minimum atomic E-state index is -0.163. The van der Waals surface area contributed by atoms with Crippen LogP contribution in [0.25, 0.3) is 0 Å². The summed E-state index contributed by atoms with van der Waals surface area (Å²) in [5.74, 6) is 0.613. The van der Waals surface area contributed by atoms with Crippen LogP contribution in [0.15, 0.2) is 53.1 Å². The smallest absolute Gasteiger partial charge is 0.265 e. The zero-order valence-electron chi connectivity index (χ0n) is 9.51. The van der Waals surface area contributed by atoms with Gasteiger partial charge in [-0.1, -0.05) is 18.2 Å². The maximum atomic E-state index is 11.7. The van der Waals surface area contributed by atoms with E-state index in [2.05, 4.69) is 10.9 Å². The third-order valence-corrected chi connectivity index (χ3v) is 2.41. The van der Waals surface area contributed by atoms with Crippen molar-refractivity contribution < 1.29 is 9.21 Å². The molecule has 0 saturated heterocycles. The van der Waals surface area contributed by atoms with Crippen LogP contribution in [0, 0.1) is 0 Å². The van der Waals surface area contributed by atoms with Gasteiger partial charge >= 0.3 is 0 Å². The molecular formula is C13H14N2O2. The van der Waals surface area contributed by atoms with Crippen LogP contribution in [-0.2, 0) is 0 Å². The third kappa shape index (κ3) is 2.95. The molecule has 2 aromatic rings. The highest BCUT2D eigenvalue weighted by molar-refractivity contribution is 5.93. The fraction of sp³-hybridized carbons (Fsp3) is 0.154. The van der Waals surface area contributed by atoms with E-state index < -0.39 is 0 Å². The van der Waals surface area contributed by atoms with Gasteiger partial charge in [-0.2, -0.15) is 0 Å². The van der Waals surface area contributed by atoms with Crippen LogP contribution in [0.1, 0.15) is 29.1 Å².